The summed E-state index contributed by atoms with van der Waals surface area (Å²) in [6.07, 6.45) is 27.0. The van der Waals surface area contributed by atoms with E-state index in [0.717, 1.165) is 51.5 Å². The quantitative estimate of drug-likeness (QED) is 0.0967. The Balaban J connectivity index is 0.000000162. The van der Waals surface area contributed by atoms with Gasteiger partial charge in [-0.05, 0) is 260 Å². The molecule has 19 rings (SSSR count). The molecule has 1 N–H and O–H groups in total. The van der Waals surface area contributed by atoms with Gasteiger partial charge in [0.25, 0.3) is 0 Å². The second-order valence-electron chi connectivity index (χ2n) is 41.2. The molecule has 11 heterocycles. The average Bonchev–Trinajstić information content (AvgIpc) is 1.64. The minimum atomic E-state index is -0.489. The molecular formula is C122H154N16O3. The SMILES string of the molecule is CC(C)c1cc2ccccc2n1C(=O)OC(C)(C)C.CC(C)c1cc2ccccc2o1.CC(C)c1ccc(-c2ccccc2)cc1.CC(C)c1ccc2c(ccn2C(C)C)c1.CC(C)c1ccc2c(cnn2C)c1.CC(C)c1cccc2[nH]ncc12.CC(C)c1cnn(-c2ccccn2)c1.CC(C)c1cnn(-c2cccnc2)c1.CC(C)c1cnn(C(C)(C)C)c1.CC(C)c1cnn(Cc2ccccc2)c1. The maximum Gasteiger partial charge on any atom is 0.419 e. The van der Waals surface area contributed by atoms with Crippen molar-refractivity contribution >= 4 is 60.7 Å². The van der Waals surface area contributed by atoms with E-state index in [9.17, 15) is 4.79 Å². The molecule has 8 aromatic carbocycles. The summed E-state index contributed by atoms with van der Waals surface area (Å²) in [6, 6.07) is 81.9. The van der Waals surface area contributed by atoms with E-state index < -0.39 is 5.60 Å². The molecule has 0 aliphatic heterocycles. The zero-order chi connectivity index (χ0) is 102. The van der Waals surface area contributed by atoms with E-state index in [4.69, 9.17) is 9.15 Å². The van der Waals surface area contributed by atoms with Gasteiger partial charge < -0.3 is 13.7 Å². The topological polar surface area (TPSA) is 193 Å². The molecule has 11 aromatic heterocycles. The van der Waals surface area contributed by atoms with Crippen molar-refractivity contribution in [3.63, 3.8) is 0 Å². The summed E-state index contributed by atoms with van der Waals surface area (Å²) in [5, 5.41) is 34.5. The van der Waals surface area contributed by atoms with E-state index in [1.165, 1.54) is 93.8 Å². The van der Waals surface area contributed by atoms with Gasteiger partial charge in [-0.2, -0.15) is 30.6 Å². The van der Waals surface area contributed by atoms with Gasteiger partial charge in [0, 0.05) is 95.1 Å². The number of nitrogens with zero attached hydrogens (tertiary/aromatic N) is 15. The standard InChI is InChI=1S/C16H21NO2.C15H16.C14H19N.C13H16N2.2C11H13N3.C11H14N2.C11H12O.C10H12N2.C10H18N2/c1-11(2)14-10-12-8-6-7-9-13(12)17(14)15(18)19-16(3,4)5;1-12(2)13-8-10-15(11-9-13)14-6-4-3-5-7-14;1-10(2)12-5-6-14-13(9-12)7-8-15(14)11(3)4;1-11(2)13-8-14-15(10-13)9-12-6-4-3-5-7-12;1-9(2)10-6-13-14(8-10)11-4-3-5-12-7-11;1-9(2)10-7-13-14(8-10)11-5-3-4-6-12-11;1-8(2)9-4-5-11-10(6-9)7-12-13(11)3;1-8(2)11-7-9-5-3-4-6-10(9)12-11;1-7(2)8-4-3-5-10-9(8)6-11-12-10;1-8(2)9-6-11-12(7-9)10(3,4)5/h6-11H,1-5H3;3-12H,1-2H3;5-11H,1-4H3;3-8,10-11H,9H2,1-2H3;2*3-9H,1-2H3;4-8H,1-3H3;3-8H,1-2H3;3-7H,1-2H3,(H,11,12);6-8H,1-5H3. The van der Waals surface area contributed by atoms with Gasteiger partial charge in [0.15, 0.2) is 5.82 Å². The minimum absolute atomic E-state index is 0.104. The first kappa shape index (κ1) is 109. The fourth-order valence-corrected chi connectivity index (χ4v) is 15.2. The number of H-pyrrole nitrogens is 1. The monoisotopic (exact) mass is 1890 g/mol. The van der Waals surface area contributed by atoms with Crippen LogP contribution < -0.4 is 0 Å². The van der Waals surface area contributed by atoms with Gasteiger partial charge in [0.2, 0.25) is 0 Å². The maximum atomic E-state index is 12.4. The number of benzene rings is 8. The smallest absolute Gasteiger partial charge is 0.419 e. The zero-order valence-electron chi connectivity index (χ0n) is 89.1. The van der Waals surface area contributed by atoms with Gasteiger partial charge in [-0.1, -0.05) is 290 Å². The molecule has 0 aliphatic carbocycles. The molecule has 0 saturated carbocycles. The van der Waals surface area contributed by atoms with Gasteiger partial charge >= 0.3 is 6.09 Å². The normalized spacial score (nSPS) is 11.3. The number of hydrogen-bond donors (Lipinski definition) is 1. The van der Waals surface area contributed by atoms with Crippen LogP contribution in [0.3, 0.4) is 0 Å². The van der Waals surface area contributed by atoms with E-state index in [0.29, 0.717) is 59.3 Å². The Morgan fingerprint density at radius 2 is 0.936 bits per heavy atom. The predicted octanol–water partition coefficient (Wildman–Crippen LogP) is 32.9. The second kappa shape index (κ2) is 51.7. The fourth-order valence-electron chi connectivity index (χ4n) is 15.2. The number of aryl methyl sites for hydroxylation is 1. The number of carbonyl (C=O) groups is 1. The van der Waals surface area contributed by atoms with Crippen LogP contribution >= 0.6 is 0 Å². The molecule has 0 bridgehead atoms. The van der Waals surface area contributed by atoms with Crippen LogP contribution in [0.15, 0.2) is 328 Å². The predicted molar refractivity (Wildman–Crippen MR) is 589 cm³/mol. The van der Waals surface area contributed by atoms with Gasteiger partial charge in [0.05, 0.1) is 77.7 Å². The lowest BCUT2D eigenvalue weighted by Gasteiger charge is -2.21. The first-order chi connectivity index (χ1) is 67.1. The highest BCUT2D eigenvalue weighted by molar-refractivity contribution is 5.91. The molecule has 19 nitrogen and oxygen atoms in total. The largest absolute Gasteiger partial charge is 0.461 e. The summed E-state index contributed by atoms with van der Waals surface area (Å²) in [5.74, 6) is 7.17. The Morgan fingerprint density at radius 3 is 1.48 bits per heavy atom. The first-order valence-electron chi connectivity index (χ1n) is 50.0. The van der Waals surface area contributed by atoms with Crippen molar-refractivity contribution in [1.82, 2.24) is 78.2 Å². The highest BCUT2D eigenvalue weighted by Crippen LogP contribution is 2.32. The Bertz CT molecular complexity index is 6790. The Labute approximate surface area is 838 Å². The Hall–Kier alpha value is -14.1. The van der Waals surface area contributed by atoms with E-state index in [1.54, 1.807) is 27.8 Å². The molecule has 0 spiro atoms. The molecule has 0 atom stereocenters. The van der Waals surface area contributed by atoms with Crippen molar-refractivity contribution in [2.45, 2.75) is 277 Å². The van der Waals surface area contributed by atoms with Gasteiger partial charge in [0.1, 0.15) is 16.9 Å². The van der Waals surface area contributed by atoms with Crippen LogP contribution in [0.1, 0.15) is 321 Å². The number of pyridine rings is 2. The Kier molecular flexibility index (Phi) is 40.0. The number of fused-ring (bicyclic) bond motifs is 5. The highest BCUT2D eigenvalue weighted by Gasteiger charge is 2.24. The van der Waals surface area contributed by atoms with Crippen LogP contribution in [0, 0.1) is 0 Å². The van der Waals surface area contributed by atoms with Crippen molar-refractivity contribution < 1.29 is 13.9 Å². The van der Waals surface area contributed by atoms with Crippen molar-refractivity contribution in [3.8, 4) is 22.6 Å². The van der Waals surface area contributed by atoms with Crippen molar-refractivity contribution in [2.24, 2.45) is 7.05 Å². The summed E-state index contributed by atoms with van der Waals surface area (Å²) in [5.41, 5.74) is 21.7. The van der Waals surface area contributed by atoms with Crippen LogP contribution in [0.4, 0.5) is 4.79 Å². The number of aromatic nitrogens is 16. The molecule has 19 heteroatoms. The van der Waals surface area contributed by atoms with Crippen molar-refractivity contribution in [3.05, 3.63) is 385 Å². The number of aromatic amines is 1. The third-order valence-electron chi connectivity index (χ3n) is 23.9. The minimum Gasteiger partial charge on any atom is -0.461 e. The average molecular weight is 1890 g/mol. The second-order valence-corrected chi connectivity index (χ2v) is 41.2. The number of nitrogens with one attached hydrogen (secondary N) is 1. The molecule has 0 unspecified atom stereocenters. The number of ether oxygens (including phenoxy) is 1. The number of hydrogen-bond acceptors (Lipinski definition) is 11. The molecule has 0 radical (unpaired) electrons. The third-order valence-corrected chi connectivity index (χ3v) is 23.9. The van der Waals surface area contributed by atoms with E-state index in [2.05, 4.69) is 388 Å². The summed E-state index contributed by atoms with van der Waals surface area (Å²) in [7, 11) is 1.97. The first-order valence-corrected chi connectivity index (χ1v) is 50.0. The summed E-state index contributed by atoms with van der Waals surface area (Å²) in [6.45, 7) is 60.9. The highest BCUT2D eigenvalue weighted by atomic mass is 16.6. The summed E-state index contributed by atoms with van der Waals surface area (Å²) < 4.78 is 24.7. The molecule has 0 saturated heterocycles. The van der Waals surface area contributed by atoms with Gasteiger partial charge in [-0.15, -0.1) is 0 Å². The molecule has 740 valence electrons. The molecule has 0 amide bonds. The summed E-state index contributed by atoms with van der Waals surface area (Å²) in [4.78, 5) is 20.7. The van der Waals surface area contributed by atoms with E-state index in [-0.39, 0.29) is 17.6 Å². The third kappa shape index (κ3) is 32.2. The van der Waals surface area contributed by atoms with Gasteiger partial charge in [-0.25, -0.2) is 23.7 Å². The van der Waals surface area contributed by atoms with E-state index >= 15 is 0 Å². The number of rotatable bonds is 16. The molecule has 0 fully saturated rings. The summed E-state index contributed by atoms with van der Waals surface area (Å²) >= 11 is 0. The van der Waals surface area contributed by atoms with Crippen LogP contribution in [-0.4, -0.2) is 89.9 Å². The van der Waals surface area contributed by atoms with E-state index in [1.807, 2.05) is 187 Å². The van der Waals surface area contributed by atoms with Crippen LogP contribution in [0.5, 0.6) is 0 Å². The molecule has 0 aliphatic rings. The lowest BCUT2D eigenvalue weighted by atomic mass is 9.99. The number of furan rings is 1. The van der Waals surface area contributed by atoms with Crippen LogP contribution in [-0.2, 0) is 23.9 Å². The van der Waals surface area contributed by atoms with Gasteiger partial charge in [-0.3, -0.25) is 24.1 Å². The Morgan fingerprint density at radius 1 is 0.397 bits per heavy atom. The number of para-hydroxylation sites is 2. The van der Waals surface area contributed by atoms with Crippen LogP contribution in [0.2, 0.25) is 0 Å². The maximum absolute atomic E-state index is 12.4. The lowest BCUT2D eigenvalue weighted by Crippen LogP contribution is -2.28. The zero-order valence-corrected chi connectivity index (χ0v) is 89.1. The van der Waals surface area contributed by atoms with Crippen molar-refractivity contribution in [1.29, 1.82) is 0 Å². The fraction of sp³-hybridized carbons (Fsp3) is 0.352. The lowest BCUT2D eigenvalue weighted by molar-refractivity contribution is 0.0539. The molecule has 141 heavy (non-hydrogen) atoms. The molecule has 19 aromatic rings. The molecular weight excluding hydrogens is 1740 g/mol. The van der Waals surface area contributed by atoms with Crippen LogP contribution in [0.25, 0.3) is 77.2 Å². The number of carbonyl (C=O) groups excluding carboxylic acids is 1. The van der Waals surface area contributed by atoms with Crippen molar-refractivity contribution in [2.75, 3.05) is 0 Å².